The normalized spacial score (nSPS) is 41.1. The van der Waals surface area contributed by atoms with Crippen LogP contribution in [0.15, 0.2) is 0 Å². The van der Waals surface area contributed by atoms with Crippen molar-refractivity contribution in [3.63, 3.8) is 0 Å². The van der Waals surface area contributed by atoms with Gasteiger partial charge in [0.05, 0.1) is 11.7 Å². The third-order valence-corrected chi connectivity index (χ3v) is 5.25. The first kappa shape index (κ1) is 14.7. The van der Waals surface area contributed by atoms with Gasteiger partial charge >= 0.3 is 0 Å². The first-order chi connectivity index (χ1) is 9.62. The Morgan fingerprint density at radius 3 is 2.65 bits per heavy atom. The first-order valence-electron chi connectivity index (χ1n) is 7.91. The minimum atomic E-state index is -0.707. The Kier molecular flexibility index (Phi) is 4.34. The van der Waals surface area contributed by atoms with Crippen LogP contribution in [0.1, 0.15) is 39.0 Å². The summed E-state index contributed by atoms with van der Waals surface area (Å²) in [6.07, 6.45) is 4.69. The molecule has 3 atom stereocenters. The van der Waals surface area contributed by atoms with Crippen molar-refractivity contribution in [2.75, 3.05) is 33.0 Å². The predicted octanol–water partition coefficient (Wildman–Crippen LogP) is 0.844. The number of hydrogen-bond donors (Lipinski definition) is 2. The SMILES string of the molecule is CC1OCCC1(O)CNC1CCOC2(CCOCC2)C1. The van der Waals surface area contributed by atoms with Crippen LogP contribution in [0.25, 0.3) is 0 Å². The molecule has 3 saturated heterocycles. The molecule has 0 amide bonds. The molecule has 3 rings (SSSR count). The fraction of sp³-hybridized carbons (Fsp3) is 1.00. The summed E-state index contributed by atoms with van der Waals surface area (Å²) in [7, 11) is 0. The van der Waals surface area contributed by atoms with Crippen molar-refractivity contribution in [1.29, 1.82) is 0 Å². The molecule has 116 valence electrons. The van der Waals surface area contributed by atoms with Crippen LogP contribution in [-0.2, 0) is 14.2 Å². The maximum atomic E-state index is 10.6. The zero-order valence-corrected chi connectivity index (χ0v) is 12.4. The molecule has 0 bridgehead atoms. The third kappa shape index (κ3) is 3.02. The maximum absolute atomic E-state index is 10.6. The fourth-order valence-corrected chi connectivity index (χ4v) is 3.62. The van der Waals surface area contributed by atoms with E-state index in [4.69, 9.17) is 14.2 Å². The van der Waals surface area contributed by atoms with Crippen LogP contribution in [0.3, 0.4) is 0 Å². The molecule has 5 nitrogen and oxygen atoms in total. The highest BCUT2D eigenvalue weighted by Gasteiger charge is 2.42. The Morgan fingerprint density at radius 2 is 1.95 bits per heavy atom. The van der Waals surface area contributed by atoms with Gasteiger partial charge in [-0.05, 0) is 32.6 Å². The molecule has 20 heavy (non-hydrogen) atoms. The van der Waals surface area contributed by atoms with E-state index in [1.165, 1.54) is 0 Å². The lowest BCUT2D eigenvalue weighted by atomic mass is 9.83. The second-order valence-corrected chi connectivity index (χ2v) is 6.58. The van der Waals surface area contributed by atoms with E-state index in [0.29, 0.717) is 19.2 Å². The monoisotopic (exact) mass is 285 g/mol. The number of hydrogen-bond acceptors (Lipinski definition) is 5. The molecule has 2 N–H and O–H groups in total. The first-order valence-corrected chi connectivity index (χ1v) is 7.91. The highest BCUT2D eigenvalue weighted by Crippen LogP contribution is 2.34. The molecular formula is C15H27NO4. The molecule has 3 unspecified atom stereocenters. The van der Waals surface area contributed by atoms with E-state index in [0.717, 1.165) is 51.9 Å². The van der Waals surface area contributed by atoms with E-state index in [1.54, 1.807) is 0 Å². The average Bonchev–Trinajstić information content (AvgIpc) is 2.78. The van der Waals surface area contributed by atoms with E-state index >= 15 is 0 Å². The van der Waals surface area contributed by atoms with Gasteiger partial charge in [-0.25, -0.2) is 0 Å². The molecule has 3 heterocycles. The number of rotatable bonds is 3. The fourth-order valence-electron chi connectivity index (χ4n) is 3.62. The molecule has 0 aromatic heterocycles. The van der Waals surface area contributed by atoms with Gasteiger partial charge in [0.25, 0.3) is 0 Å². The summed E-state index contributed by atoms with van der Waals surface area (Å²) in [5.41, 5.74) is -0.699. The second-order valence-electron chi connectivity index (χ2n) is 6.58. The second kappa shape index (κ2) is 5.89. The van der Waals surface area contributed by atoms with E-state index in [1.807, 2.05) is 6.92 Å². The van der Waals surface area contributed by atoms with Gasteiger partial charge in [0, 0.05) is 45.4 Å². The summed E-state index contributed by atoms with van der Waals surface area (Å²) < 4.78 is 17.0. The lowest BCUT2D eigenvalue weighted by Gasteiger charge is -2.44. The van der Waals surface area contributed by atoms with Crippen molar-refractivity contribution >= 4 is 0 Å². The summed E-state index contributed by atoms with van der Waals surface area (Å²) in [6, 6.07) is 0.429. The molecule has 1 spiro atoms. The van der Waals surface area contributed by atoms with Gasteiger partial charge in [-0.3, -0.25) is 0 Å². The summed E-state index contributed by atoms with van der Waals surface area (Å²) in [5.74, 6) is 0. The van der Waals surface area contributed by atoms with E-state index in [9.17, 15) is 5.11 Å². The van der Waals surface area contributed by atoms with Crippen LogP contribution < -0.4 is 5.32 Å². The molecule has 3 aliphatic rings. The smallest absolute Gasteiger partial charge is 0.105 e. The van der Waals surface area contributed by atoms with Crippen molar-refractivity contribution in [3.05, 3.63) is 0 Å². The quantitative estimate of drug-likeness (QED) is 0.805. The predicted molar refractivity (Wildman–Crippen MR) is 74.7 cm³/mol. The van der Waals surface area contributed by atoms with Crippen LogP contribution in [0.2, 0.25) is 0 Å². The molecule has 3 fully saturated rings. The Balaban J connectivity index is 1.52. The summed E-state index contributed by atoms with van der Waals surface area (Å²) in [6.45, 7) is 5.66. The van der Waals surface area contributed by atoms with Gasteiger partial charge in [-0.15, -0.1) is 0 Å². The molecule has 5 heteroatoms. The van der Waals surface area contributed by atoms with Crippen LogP contribution in [0, 0.1) is 0 Å². The summed E-state index contributed by atoms with van der Waals surface area (Å²) >= 11 is 0. The lowest BCUT2D eigenvalue weighted by Crippen LogP contribution is -2.54. The highest BCUT2D eigenvalue weighted by molar-refractivity contribution is 4.96. The summed E-state index contributed by atoms with van der Waals surface area (Å²) in [4.78, 5) is 0. The third-order valence-electron chi connectivity index (χ3n) is 5.25. The highest BCUT2D eigenvalue weighted by atomic mass is 16.5. The Morgan fingerprint density at radius 1 is 1.15 bits per heavy atom. The van der Waals surface area contributed by atoms with E-state index in [2.05, 4.69) is 5.32 Å². The minimum Gasteiger partial charge on any atom is -0.386 e. The Bertz CT molecular complexity index is 326. The molecular weight excluding hydrogens is 258 g/mol. The zero-order chi connectivity index (χ0) is 14.1. The topological polar surface area (TPSA) is 60.0 Å². The van der Waals surface area contributed by atoms with Gasteiger partial charge in [0.1, 0.15) is 5.60 Å². The number of ether oxygens (including phenoxy) is 3. The minimum absolute atomic E-state index is 0.00851. The number of aliphatic hydroxyl groups is 1. The van der Waals surface area contributed by atoms with Crippen LogP contribution in [0.5, 0.6) is 0 Å². The van der Waals surface area contributed by atoms with E-state index < -0.39 is 5.60 Å². The van der Waals surface area contributed by atoms with Crippen LogP contribution in [-0.4, -0.2) is 61.4 Å². The lowest BCUT2D eigenvalue weighted by molar-refractivity contribution is -0.141. The standard InChI is InChI=1S/C15H27NO4/c1-12-15(17,5-9-19-12)11-16-13-2-6-20-14(10-13)3-7-18-8-4-14/h12-13,16-17H,2-11H2,1H3. The summed E-state index contributed by atoms with van der Waals surface area (Å²) in [5, 5.41) is 14.1. The van der Waals surface area contributed by atoms with Crippen LogP contribution >= 0.6 is 0 Å². The maximum Gasteiger partial charge on any atom is 0.105 e. The van der Waals surface area contributed by atoms with Crippen LogP contribution in [0.4, 0.5) is 0 Å². The Labute approximate surface area is 121 Å². The molecule has 0 radical (unpaired) electrons. The molecule has 3 aliphatic heterocycles. The van der Waals surface area contributed by atoms with Gasteiger partial charge in [0.15, 0.2) is 0 Å². The molecule has 0 saturated carbocycles. The zero-order valence-electron chi connectivity index (χ0n) is 12.4. The number of nitrogens with one attached hydrogen (secondary N) is 1. The van der Waals surface area contributed by atoms with Gasteiger partial charge in [-0.2, -0.15) is 0 Å². The molecule has 0 aromatic carbocycles. The van der Waals surface area contributed by atoms with Gasteiger partial charge in [0.2, 0.25) is 0 Å². The van der Waals surface area contributed by atoms with Crippen molar-refractivity contribution < 1.29 is 19.3 Å². The largest absolute Gasteiger partial charge is 0.386 e. The van der Waals surface area contributed by atoms with Crippen molar-refractivity contribution in [3.8, 4) is 0 Å². The Hall–Kier alpha value is -0.200. The van der Waals surface area contributed by atoms with Crippen molar-refractivity contribution in [2.24, 2.45) is 0 Å². The molecule has 0 aromatic rings. The molecule has 0 aliphatic carbocycles. The van der Waals surface area contributed by atoms with Crippen molar-refractivity contribution in [2.45, 2.75) is 62.4 Å². The van der Waals surface area contributed by atoms with Gasteiger partial charge < -0.3 is 24.6 Å². The van der Waals surface area contributed by atoms with Crippen molar-refractivity contribution in [1.82, 2.24) is 5.32 Å². The average molecular weight is 285 g/mol. The van der Waals surface area contributed by atoms with Gasteiger partial charge in [-0.1, -0.05) is 0 Å². The van der Waals surface area contributed by atoms with E-state index in [-0.39, 0.29) is 11.7 Å².